The predicted octanol–water partition coefficient (Wildman–Crippen LogP) is 5.67. The highest BCUT2D eigenvalue weighted by Gasteiger charge is 2.30. The molecule has 1 fully saturated rings. The zero-order chi connectivity index (χ0) is 31.9. The van der Waals surface area contributed by atoms with Gasteiger partial charge in [-0.05, 0) is 67.1 Å². The number of nitrogens with zero attached hydrogens (tertiary/aromatic N) is 3. The molecule has 1 aliphatic carbocycles. The van der Waals surface area contributed by atoms with Gasteiger partial charge in [0, 0.05) is 61.0 Å². The number of piperidine rings is 1. The second-order valence-corrected chi connectivity index (χ2v) is 13.3. The maximum Gasteiger partial charge on any atom is 0.262 e. The molecular weight excluding hydrogens is 631 g/mol. The summed E-state index contributed by atoms with van der Waals surface area (Å²) >= 11 is 6.12. The molecule has 6 rings (SSSR count). The highest BCUT2D eigenvalue weighted by atomic mass is 35.5. The number of likely N-dealkylation sites (tertiary alicyclic amines) is 1. The van der Waals surface area contributed by atoms with E-state index in [4.69, 9.17) is 16.3 Å². The van der Waals surface area contributed by atoms with Gasteiger partial charge in [0.1, 0.15) is 11.6 Å². The molecule has 45 heavy (non-hydrogen) atoms. The molecule has 0 amide bonds. The van der Waals surface area contributed by atoms with Gasteiger partial charge in [0.25, 0.3) is 10.0 Å². The minimum atomic E-state index is -4.43. The van der Waals surface area contributed by atoms with Gasteiger partial charge in [-0.25, -0.2) is 31.6 Å². The number of hydrogen-bond donors (Lipinski definition) is 3. The van der Waals surface area contributed by atoms with E-state index in [2.05, 4.69) is 24.9 Å². The fourth-order valence-corrected chi connectivity index (χ4v) is 7.64. The molecule has 1 atom stereocenters. The average Bonchev–Trinajstić information content (AvgIpc) is 3.38. The second-order valence-electron chi connectivity index (χ2n) is 11.3. The molecule has 0 saturated carbocycles. The van der Waals surface area contributed by atoms with Crippen molar-refractivity contribution in [2.75, 3.05) is 43.4 Å². The molecule has 0 bridgehead atoms. The minimum Gasteiger partial charge on any atom is -0.388 e. The van der Waals surface area contributed by atoms with Crippen LogP contribution in [0, 0.1) is 17.5 Å². The fourth-order valence-electron chi connectivity index (χ4n) is 5.97. The van der Waals surface area contributed by atoms with E-state index in [0.717, 1.165) is 50.7 Å². The maximum absolute atomic E-state index is 15.8. The van der Waals surface area contributed by atoms with E-state index in [1.54, 1.807) is 7.11 Å². The number of sulfonamides is 1. The summed E-state index contributed by atoms with van der Waals surface area (Å²) in [5, 5.41) is 13.9. The molecule has 3 aromatic carbocycles. The van der Waals surface area contributed by atoms with Crippen LogP contribution < -0.4 is 10.0 Å². The van der Waals surface area contributed by atoms with E-state index in [0.29, 0.717) is 35.5 Å². The van der Waals surface area contributed by atoms with Gasteiger partial charge in [0.05, 0.1) is 34.4 Å². The van der Waals surface area contributed by atoms with Crippen LogP contribution in [-0.4, -0.2) is 67.8 Å². The van der Waals surface area contributed by atoms with Crippen LogP contribution in [0.4, 0.5) is 24.8 Å². The Hall–Kier alpha value is -3.49. The third-order valence-corrected chi connectivity index (χ3v) is 9.98. The number of rotatable bonds is 9. The summed E-state index contributed by atoms with van der Waals surface area (Å²) in [6.45, 7) is 3.32. The van der Waals surface area contributed by atoms with Crippen molar-refractivity contribution in [3.63, 3.8) is 0 Å². The molecule has 1 saturated heterocycles. The first-order valence-corrected chi connectivity index (χ1v) is 16.4. The normalized spacial score (nSPS) is 17.5. The molecule has 2 aliphatic rings. The lowest BCUT2D eigenvalue weighted by molar-refractivity contribution is 0.132. The number of ether oxygens (including phenoxy) is 1. The molecule has 0 unspecified atom stereocenters. The van der Waals surface area contributed by atoms with E-state index in [9.17, 15) is 13.5 Å². The van der Waals surface area contributed by atoms with Crippen LogP contribution in [0.25, 0.3) is 22.0 Å². The first kappa shape index (κ1) is 31.5. The van der Waals surface area contributed by atoms with Crippen LogP contribution in [0.15, 0.2) is 47.5 Å². The van der Waals surface area contributed by atoms with Crippen LogP contribution in [0.3, 0.4) is 0 Å². The molecule has 0 radical (unpaired) electrons. The molecule has 3 N–H and O–H groups in total. The van der Waals surface area contributed by atoms with Gasteiger partial charge in [-0.1, -0.05) is 11.6 Å². The standard InChI is InChI=1S/C31H31ClF3N5O4S/c1-44-11-10-40-8-6-19(7-9-40)37-31-36-16-17-12-22(24(34)15-26(17)38-31)29-23(33)3-4-25(30(29)35)39-45(42,43)28-14-18(32)13-21-20(28)2-5-27(21)41/h3-4,12-16,19,27,39,41H,2,5-11H2,1H3,(H,36,37,38)/t27-/m1/s1. The number of aliphatic hydroxyl groups is 1. The van der Waals surface area contributed by atoms with E-state index >= 15 is 13.2 Å². The van der Waals surface area contributed by atoms with Crippen molar-refractivity contribution in [1.29, 1.82) is 0 Å². The number of nitrogens with one attached hydrogen (secondary N) is 2. The van der Waals surface area contributed by atoms with Crippen molar-refractivity contribution in [3.05, 3.63) is 76.2 Å². The number of fused-ring (bicyclic) bond motifs is 2. The number of methoxy groups -OCH3 is 1. The number of aromatic nitrogens is 2. The van der Waals surface area contributed by atoms with Gasteiger partial charge in [0.15, 0.2) is 5.82 Å². The molecule has 14 heteroatoms. The van der Waals surface area contributed by atoms with Crippen molar-refractivity contribution in [3.8, 4) is 11.1 Å². The lowest BCUT2D eigenvalue weighted by Gasteiger charge is -2.32. The highest BCUT2D eigenvalue weighted by molar-refractivity contribution is 7.92. The Bertz CT molecular complexity index is 1870. The van der Waals surface area contributed by atoms with Gasteiger partial charge >= 0.3 is 0 Å². The summed E-state index contributed by atoms with van der Waals surface area (Å²) in [4.78, 5) is 10.8. The Morgan fingerprint density at radius 2 is 1.87 bits per heavy atom. The highest BCUT2D eigenvalue weighted by Crippen LogP contribution is 2.39. The fraction of sp³-hybridized carbons (Fsp3) is 0.355. The Labute approximate surface area is 263 Å². The topological polar surface area (TPSA) is 117 Å². The van der Waals surface area contributed by atoms with Crippen molar-refractivity contribution < 1.29 is 31.4 Å². The number of anilines is 2. The van der Waals surface area contributed by atoms with Crippen molar-refractivity contribution in [2.24, 2.45) is 0 Å². The Kier molecular flexibility index (Phi) is 8.90. The van der Waals surface area contributed by atoms with Crippen molar-refractivity contribution >= 4 is 44.2 Å². The quantitative estimate of drug-likeness (QED) is 0.210. The molecule has 1 aromatic heterocycles. The largest absolute Gasteiger partial charge is 0.388 e. The lowest BCUT2D eigenvalue weighted by atomic mass is 10.0. The van der Waals surface area contributed by atoms with Crippen LogP contribution in [0.5, 0.6) is 0 Å². The third-order valence-electron chi connectivity index (χ3n) is 8.33. The first-order chi connectivity index (χ1) is 21.5. The minimum absolute atomic E-state index is 0.0810. The Morgan fingerprint density at radius 3 is 2.62 bits per heavy atom. The number of halogens is 4. The van der Waals surface area contributed by atoms with E-state index in [1.165, 1.54) is 24.4 Å². The van der Waals surface area contributed by atoms with Crippen molar-refractivity contribution in [1.82, 2.24) is 14.9 Å². The van der Waals surface area contributed by atoms with Crippen LogP contribution in [0.2, 0.25) is 5.02 Å². The molecule has 0 spiro atoms. The SMILES string of the molecule is COCCN1CCC(Nc2ncc3cc(-c4c(F)ccc(NS(=O)(=O)c5cc(Cl)cc6c5CC[C@H]6O)c4F)c(F)cc3n2)CC1. The summed E-state index contributed by atoms with van der Waals surface area (Å²) in [6.07, 6.45) is 2.90. The van der Waals surface area contributed by atoms with E-state index in [-0.39, 0.29) is 27.9 Å². The molecule has 238 valence electrons. The Balaban J connectivity index is 1.26. The summed E-state index contributed by atoms with van der Waals surface area (Å²) in [6, 6.07) is 6.92. The number of aliphatic hydroxyl groups excluding tert-OH is 1. The summed E-state index contributed by atoms with van der Waals surface area (Å²) in [5.74, 6) is -3.01. The third kappa shape index (κ3) is 6.45. The van der Waals surface area contributed by atoms with Gasteiger partial charge in [-0.15, -0.1) is 0 Å². The van der Waals surface area contributed by atoms with Crippen LogP contribution in [-0.2, 0) is 21.2 Å². The smallest absolute Gasteiger partial charge is 0.262 e. The second kappa shape index (κ2) is 12.7. The van der Waals surface area contributed by atoms with E-state index in [1.807, 2.05) is 0 Å². The summed E-state index contributed by atoms with van der Waals surface area (Å²) in [7, 11) is -2.75. The predicted molar refractivity (Wildman–Crippen MR) is 165 cm³/mol. The molecular formula is C31H31ClF3N5O4S. The van der Waals surface area contributed by atoms with E-state index < -0.39 is 50.4 Å². The van der Waals surface area contributed by atoms with Crippen LogP contribution in [0.1, 0.15) is 36.5 Å². The Morgan fingerprint density at radius 1 is 1.09 bits per heavy atom. The summed E-state index contributed by atoms with van der Waals surface area (Å²) < 4.78 is 80.4. The number of hydrogen-bond acceptors (Lipinski definition) is 8. The van der Waals surface area contributed by atoms with Crippen LogP contribution >= 0.6 is 11.6 Å². The lowest BCUT2D eigenvalue weighted by Crippen LogP contribution is -2.40. The average molecular weight is 662 g/mol. The molecule has 1 aliphatic heterocycles. The van der Waals surface area contributed by atoms with Gasteiger partial charge in [-0.3, -0.25) is 4.72 Å². The molecule has 4 aromatic rings. The zero-order valence-electron chi connectivity index (χ0n) is 24.3. The van der Waals surface area contributed by atoms with Crippen molar-refractivity contribution in [2.45, 2.75) is 42.7 Å². The molecule has 9 nitrogen and oxygen atoms in total. The monoisotopic (exact) mass is 661 g/mol. The summed E-state index contributed by atoms with van der Waals surface area (Å²) in [5.41, 5.74) is -0.764. The first-order valence-electron chi connectivity index (χ1n) is 14.5. The van der Waals surface area contributed by atoms with Gasteiger partial charge < -0.3 is 20.1 Å². The van der Waals surface area contributed by atoms with Gasteiger partial charge in [-0.2, -0.15) is 0 Å². The number of benzene rings is 3. The molecule has 2 heterocycles. The van der Waals surface area contributed by atoms with Gasteiger partial charge in [0.2, 0.25) is 5.95 Å². The maximum atomic E-state index is 15.8. The zero-order valence-corrected chi connectivity index (χ0v) is 25.9.